The molecule has 0 aliphatic carbocycles. The first-order valence-electron chi connectivity index (χ1n) is 5.51. The van der Waals surface area contributed by atoms with E-state index in [2.05, 4.69) is 4.98 Å². The van der Waals surface area contributed by atoms with Gasteiger partial charge in [0, 0.05) is 62.3 Å². The fourth-order valence-corrected chi connectivity index (χ4v) is 0.864. The van der Waals surface area contributed by atoms with Crippen LogP contribution in [0.4, 0.5) is 0 Å². The number of hydrogen-bond donors (Lipinski definition) is 0. The van der Waals surface area contributed by atoms with Crippen LogP contribution in [0, 0.1) is 0 Å². The highest BCUT2D eigenvalue weighted by molar-refractivity contribution is 7.76. The molecule has 17 heavy (non-hydrogen) atoms. The van der Waals surface area contributed by atoms with Crippen molar-refractivity contribution in [3.63, 3.8) is 0 Å². The average Bonchev–Trinajstić information content (AvgIpc) is 2.80. The lowest BCUT2D eigenvalue weighted by atomic mass is 8.81. The normalized spacial score (nSPS) is 8.35. The van der Waals surface area contributed by atoms with Gasteiger partial charge in [-0.1, -0.05) is 19.9 Å². The van der Waals surface area contributed by atoms with Crippen molar-refractivity contribution >= 4 is 49.4 Å². The molecule has 0 aromatic carbocycles. The van der Waals surface area contributed by atoms with E-state index in [0.29, 0.717) is 0 Å². The molecule has 0 atom stereocenters. The van der Waals surface area contributed by atoms with Crippen LogP contribution in [0.5, 0.6) is 0 Å². The maximum atomic E-state index is 4.96. The predicted octanol–water partition coefficient (Wildman–Crippen LogP) is 0.0757. The molecule has 2 aromatic rings. The molecule has 0 aliphatic rings. The van der Waals surface area contributed by atoms with Crippen LogP contribution in [0.2, 0.25) is 0 Å². The Morgan fingerprint density at radius 2 is 1.59 bits per heavy atom. The highest BCUT2D eigenvalue weighted by atomic mass is 15.0. The highest BCUT2D eigenvalue weighted by Gasteiger charge is 2.00. The van der Waals surface area contributed by atoms with Gasteiger partial charge in [0.1, 0.15) is 5.65 Å². The summed E-state index contributed by atoms with van der Waals surface area (Å²) in [4.78, 5) is 4.08. The van der Waals surface area contributed by atoms with E-state index in [-0.39, 0.29) is 0 Å². The molecule has 8 radical (unpaired) electrons. The van der Waals surface area contributed by atoms with Gasteiger partial charge in [0.15, 0.2) is 0 Å². The molecule has 0 saturated carbocycles. The zero-order valence-electron chi connectivity index (χ0n) is 10.3. The van der Waals surface area contributed by atoms with Gasteiger partial charge in [0.25, 0.3) is 0 Å². The SMILES string of the molecule is CC.[B]B([B])B([B])[B].c1ccn2ccnc2c1. The lowest BCUT2D eigenvalue weighted by molar-refractivity contribution is 1.19. The summed E-state index contributed by atoms with van der Waals surface area (Å²) in [5.41, 5.74) is 0.998. The number of nitrogens with zero attached hydrogens (tertiary/aromatic N) is 2. The summed E-state index contributed by atoms with van der Waals surface area (Å²) in [6, 6.07) is 5.93. The van der Waals surface area contributed by atoms with Crippen LogP contribution in [-0.2, 0) is 0 Å². The quantitative estimate of drug-likeness (QED) is 0.613. The monoisotopic (exact) mass is 214 g/mol. The van der Waals surface area contributed by atoms with Crippen molar-refractivity contribution in [2.75, 3.05) is 0 Å². The molecule has 2 aromatic heterocycles. The number of aromatic nitrogens is 2. The molecule has 0 unspecified atom stereocenters. The summed E-state index contributed by atoms with van der Waals surface area (Å²) in [7, 11) is 19.9. The van der Waals surface area contributed by atoms with E-state index in [1.165, 1.54) is 0 Å². The summed E-state index contributed by atoms with van der Waals surface area (Å²) in [5.74, 6) is 0. The summed E-state index contributed by atoms with van der Waals surface area (Å²) < 4.78 is 1.97. The van der Waals surface area contributed by atoms with E-state index in [4.69, 9.17) is 30.9 Å². The second-order valence-electron chi connectivity index (χ2n) is 3.05. The minimum Gasteiger partial charge on any atom is -0.307 e. The largest absolute Gasteiger partial charge is 0.307 e. The summed E-state index contributed by atoms with van der Waals surface area (Å²) in [6.45, 7) is 4.00. The Bertz CT molecular complexity index is 367. The minimum absolute atomic E-state index is 0.593. The van der Waals surface area contributed by atoms with E-state index in [9.17, 15) is 0 Å². The summed E-state index contributed by atoms with van der Waals surface area (Å²) in [6.07, 6.45) is 4.50. The first kappa shape index (κ1) is 16.1. The number of hydrogen-bond acceptors (Lipinski definition) is 1. The van der Waals surface area contributed by atoms with Gasteiger partial charge in [0.05, 0.1) is 0 Å². The third kappa shape index (κ3) is 6.40. The number of pyridine rings is 1. The first-order chi connectivity index (χ1) is 8.11. The van der Waals surface area contributed by atoms with Crippen molar-refractivity contribution in [1.82, 2.24) is 9.38 Å². The third-order valence-corrected chi connectivity index (χ3v) is 1.75. The van der Waals surface area contributed by atoms with Crippen LogP contribution in [0.25, 0.3) is 5.65 Å². The van der Waals surface area contributed by atoms with Crippen molar-refractivity contribution in [3.05, 3.63) is 36.8 Å². The van der Waals surface area contributed by atoms with Gasteiger partial charge in [-0.2, -0.15) is 0 Å². The molecular formula is C9H12B6N2. The average molecular weight is 213 g/mol. The summed E-state index contributed by atoms with van der Waals surface area (Å²) in [5, 5.41) is 0. The second-order valence-corrected chi connectivity index (χ2v) is 3.05. The van der Waals surface area contributed by atoms with E-state index in [1.807, 2.05) is 48.8 Å². The van der Waals surface area contributed by atoms with Crippen LogP contribution in [0.1, 0.15) is 13.8 Å². The predicted molar refractivity (Wildman–Crippen MR) is 81.1 cm³/mol. The zero-order valence-corrected chi connectivity index (χ0v) is 10.3. The second kappa shape index (κ2) is 9.15. The minimum atomic E-state index is -0.593. The third-order valence-electron chi connectivity index (χ3n) is 1.75. The molecular weight excluding hydrogens is 201 g/mol. The first-order valence-corrected chi connectivity index (χ1v) is 5.51. The summed E-state index contributed by atoms with van der Waals surface area (Å²) >= 11 is 0. The number of imidazole rings is 1. The lowest BCUT2D eigenvalue weighted by Crippen LogP contribution is -2.38. The van der Waals surface area contributed by atoms with Crippen LogP contribution < -0.4 is 0 Å². The van der Waals surface area contributed by atoms with Crippen molar-refractivity contribution in [1.29, 1.82) is 0 Å². The smallest absolute Gasteiger partial charge is 0.136 e. The van der Waals surface area contributed by atoms with Gasteiger partial charge < -0.3 is 4.40 Å². The van der Waals surface area contributed by atoms with E-state index in [0.717, 1.165) is 5.65 Å². The molecule has 0 aliphatic heterocycles. The topological polar surface area (TPSA) is 17.3 Å². The van der Waals surface area contributed by atoms with Crippen LogP contribution in [-0.4, -0.2) is 53.1 Å². The Hall–Kier alpha value is -0.920. The molecule has 0 saturated heterocycles. The zero-order chi connectivity index (χ0) is 13.3. The van der Waals surface area contributed by atoms with Gasteiger partial charge in [-0.25, -0.2) is 4.98 Å². The molecule has 0 spiro atoms. The van der Waals surface area contributed by atoms with Gasteiger partial charge >= 0.3 is 0 Å². The van der Waals surface area contributed by atoms with Crippen LogP contribution >= 0.6 is 0 Å². The number of rotatable bonds is 1. The molecule has 0 N–H and O–H groups in total. The van der Waals surface area contributed by atoms with Crippen molar-refractivity contribution in [3.8, 4) is 0 Å². The van der Waals surface area contributed by atoms with Crippen molar-refractivity contribution in [2.24, 2.45) is 0 Å². The Labute approximate surface area is 110 Å². The van der Waals surface area contributed by atoms with Gasteiger partial charge in [0.2, 0.25) is 0 Å². The molecule has 2 rings (SSSR count). The number of fused-ring (bicyclic) bond motifs is 1. The van der Waals surface area contributed by atoms with Gasteiger partial charge in [-0.3, -0.25) is 0 Å². The molecule has 2 nitrogen and oxygen atoms in total. The fraction of sp³-hybridized carbons (Fsp3) is 0.222. The Morgan fingerprint density at radius 1 is 1.00 bits per heavy atom. The molecule has 0 amide bonds. The van der Waals surface area contributed by atoms with Crippen molar-refractivity contribution in [2.45, 2.75) is 13.8 Å². The van der Waals surface area contributed by atoms with E-state index < -0.39 is 12.8 Å². The Kier molecular flexibility index (Phi) is 8.65. The highest BCUT2D eigenvalue weighted by Crippen LogP contribution is 1.96. The van der Waals surface area contributed by atoms with Gasteiger partial charge in [-0.05, 0) is 12.1 Å². The molecule has 8 heteroatoms. The molecule has 0 bridgehead atoms. The van der Waals surface area contributed by atoms with Gasteiger partial charge in [-0.15, -0.1) is 0 Å². The standard InChI is InChI=1S/C7H6N2.C2H6.B6/c1-2-5-9-6-4-8-7(9)3-1;1-2;1-5(2)6(3)4/h1-6H;1-2H3;. The van der Waals surface area contributed by atoms with E-state index >= 15 is 0 Å². The maximum Gasteiger partial charge on any atom is 0.136 e. The molecule has 76 valence electrons. The Balaban J connectivity index is 0.000000283. The van der Waals surface area contributed by atoms with Crippen LogP contribution in [0.3, 0.4) is 0 Å². The van der Waals surface area contributed by atoms with Crippen LogP contribution in [0.15, 0.2) is 36.8 Å². The lowest BCUT2D eigenvalue weighted by Gasteiger charge is -2.00. The maximum absolute atomic E-state index is 4.96. The van der Waals surface area contributed by atoms with E-state index in [1.54, 1.807) is 6.20 Å². The van der Waals surface area contributed by atoms with Crippen molar-refractivity contribution < 1.29 is 0 Å². The fourth-order valence-electron chi connectivity index (χ4n) is 0.864. The Morgan fingerprint density at radius 3 is 2.06 bits per heavy atom. The molecule has 0 fully saturated rings. The molecule has 2 heterocycles.